The van der Waals surface area contributed by atoms with Gasteiger partial charge in [0, 0.05) is 17.0 Å². The molecule has 0 bridgehead atoms. The van der Waals surface area contributed by atoms with Crippen LogP contribution in [0.15, 0.2) is 45.6 Å². The Bertz CT molecular complexity index is 1030. The number of ether oxygens (including phenoxy) is 1. The summed E-state index contributed by atoms with van der Waals surface area (Å²) < 4.78 is 11.0. The SMILES string of the molecule is Cc1cc2oc(=O)cc(COc3ccc(C#N)cc3Cl)c2cc1C. The maximum Gasteiger partial charge on any atom is 0.336 e. The standard InChI is InChI=1S/C19H14ClNO3/c1-11-5-15-14(8-19(22)24-18(15)6-12(11)2)10-23-17-4-3-13(9-21)7-16(17)20/h3-8H,10H2,1-2H3. The van der Waals surface area contributed by atoms with Gasteiger partial charge in [-0.3, -0.25) is 0 Å². The second kappa shape index (κ2) is 6.38. The van der Waals surface area contributed by atoms with E-state index in [2.05, 4.69) is 0 Å². The minimum atomic E-state index is -0.421. The minimum absolute atomic E-state index is 0.177. The fourth-order valence-electron chi connectivity index (χ4n) is 2.45. The van der Waals surface area contributed by atoms with Crippen LogP contribution in [0.1, 0.15) is 22.3 Å². The molecule has 0 saturated heterocycles. The second-order valence-corrected chi connectivity index (χ2v) is 5.98. The van der Waals surface area contributed by atoms with Crippen LogP contribution in [0.3, 0.4) is 0 Å². The molecule has 0 aliphatic carbocycles. The summed E-state index contributed by atoms with van der Waals surface area (Å²) in [6.07, 6.45) is 0. The molecular formula is C19H14ClNO3. The molecule has 0 spiro atoms. The molecule has 0 unspecified atom stereocenters. The Hall–Kier alpha value is -2.77. The zero-order valence-corrected chi connectivity index (χ0v) is 14.0. The number of nitriles is 1. The van der Waals surface area contributed by atoms with E-state index in [1.54, 1.807) is 18.2 Å². The maximum atomic E-state index is 11.8. The number of nitrogens with zero attached hydrogens (tertiary/aromatic N) is 1. The van der Waals surface area contributed by atoms with Crippen LogP contribution in [0.2, 0.25) is 5.02 Å². The van der Waals surface area contributed by atoms with E-state index in [4.69, 9.17) is 26.0 Å². The predicted molar refractivity (Wildman–Crippen MR) is 92.5 cm³/mol. The Labute approximate surface area is 143 Å². The van der Waals surface area contributed by atoms with Crippen LogP contribution in [0.4, 0.5) is 0 Å². The fourth-order valence-corrected chi connectivity index (χ4v) is 2.68. The van der Waals surface area contributed by atoms with Crippen molar-refractivity contribution >= 4 is 22.6 Å². The van der Waals surface area contributed by atoms with Gasteiger partial charge in [-0.1, -0.05) is 11.6 Å². The lowest BCUT2D eigenvalue weighted by molar-refractivity contribution is 0.307. The molecule has 4 nitrogen and oxygen atoms in total. The average molecular weight is 340 g/mol. The van der Waals surface area contributed by atoms with Gasteiger partial charge in [-0.15, -0.1) is 0 Å². The van der Waals surface area contributed by atoms with Gasteiger partial charge in [0.25, 0.3) is 0 Å². The van der Waals surface area contributed by atoms with E-state index in [1.807, 2.05) is 32.0 Å². The van der Waals surface area contributed by atoms with Crippen molar-refractivity contribution < 1.29 is 9.15 Å². The van der Waals surface area contributed by atoms with Crippen LogP contribution in [-0.2, 0) is 6.61 Å². The smallest absolute Gasteiger partial charge is 0.336 e. The summed E-state index contributed by atoms with van der Waals surface area (Å²) in [4.78, 5) is 11.8. The first-order valence-electron chi connectivity index (χ1n) is 7.34. The normalized spacial score (nSPS) is 10.6. The van der Waals surface area contributed by atoms with E-state index in [0.717, 1.165) is 22.1 Å². The summed E-state index contributed by atoms with van der Waals surface area (Å²) in [6, 6.07) is 12.1. The first-order chi connectivity index (χ1) is 11.5. The highest BCUT2D eigenvalue weighted by Crippen LogP contribution is 2.27. The van der Waals surface area contributed by atoms with E-state index in [9.17, 15) is 4.79 Å². The number of aryl methyl sites for hydroxylation is 2. The number of halogens is 1. The van der Waals surface area contributed by atoms with Crippen molar-refractivity contribution in [1.29, 1.82) is 5.26 Å². The number of hydrogen-bond acceptors (Lipinski definition) is 4. The third-order valence-electron chi connectivity index (χ3n) is 3.89. The Kier molecular flexibility index (Phi) is 4.28. The molecule has 0 N–H and O–H groups in total. The van der Waals surface area contributed by atoms with Gasteiger partial charge >= 0.3 is 5.63 Å². The van der Waals surface area contributed by atoms with Gasteiger partial charge in [0.1, 0.15) is 17.9 Å². The topological polar surface area (TPSA) is 63.2 Å². The van der Waals surface area contributed by atoms with E-state index in [-0.39, 0.29) is 6.61 Å². The quantitative estimate of drug-likeness (QED) is 0.658. The van der Waals surface area contributed by atoms with Crippen molar-refractivity contribution in [2.45, 2.75) is 20.5 Å². The molecule has 0 saturated carbocycles. The third-order valence-corrected chi connectivity index (χ3v) is 4.18. The highest BCUT2D eigenvalue weighted by molar-refractivity contribution is 6.32. The molecule has 0 atom stereocenters. The van der Waals surface area contributed by atoms with Crippen LogP contribution in [0.5, 0.6) is 5.75 Å². The highest BCUT2D eigenvalue weighted by atomic mass is 35.5. The zero-order chi connectivity index (χ0) is 17.3. The molecule has 24 heavy (non-hydrogen) atoms. The Morgan fingerprint density at radius 2 is 1.92 bits per heavy atom. The average Bonchev–Trinajstić information content (AvgIpc) is 2.55. The molecule has 0 fully saturated rings. The summed E-state index contributed by atoms with van der Waals surface area (Å²) in [6.45, 7) is 4.15. The lowest BCUT2D eigenvalue weighted by atomic mass is 10.0. The summed E-state index contributed by atoms with van der Waals surface area (Å²) in [5.41, 5.74) is 3.47. The molecule has 1 aromatic heterocycles. The number of hydrogen-bond donors (Lipinski definition) is 0. The number of benzene rings is 2. The Morgan fingerprint density at radius 1 is 1.17 bits per heavy atom. The molecule has 0 radical (unpaired) electrons. The lowest BCUT2D eigenvalue weighted by Crippen LogP contribution is -2.05. The van der Waals surface area contributed by atoms with Gasteiger partial charge in [0.05, 0.1) is 16.7 Å². The van der Waals surface area contributed by atoms with Gasteiger partial charge in [-0.05, 0) is 55.3 Å². The van der Waals surface area contributed by atoms with Crippen LogP contribution < -0.4 is 10.4 Å². The summed E-state index contributed by atoms with van der Waals surface area (Å²) in [7, 11) is 0. The summed E-state index contributed by atoms with van der Waals surface area (Å²) >= 11 is 6.11. The van der Waals surface area contributed by atoms with Gasteiger partial charge in [-0.25, -0.2) is 4.79 Å². The highest BCUT2D eigenvalue weighted by Gasteiger charge is 2.10. The molecule has 0 aliphatic heterocycles. The Morgan fingerprint density at radius 3 is 2.62 bits per heavy atom. The number of rotatable bonds is 3. The van der Waals surface area contributed by atoms with Crippen molar-refractivity contribution in [2.24, 2.45) is 0 Å². The second-order valence-electron chi connectivity index (χ2n) is 5.57. The molecule has 5 heteroatoms. The molecule has 0 aliphatic rings. The molecule has 1 heterocycles. The van der Waals surface area contributed by atoms with Crippen LogP contribution in [0.25, 0.3) is 11.0 Å². The molecule has 0 amide bonds. The van der Waals surface area contributed by atoms with Crippen LogP contribution >= 0.6 is 11.6 Å². The largest absolute Gasteiger partial charge is 0.487 e. The lowest BCUT2D eigenvalue weighted by Gasteiger charge is -2.11. The maximum absolute atomic E-state index is 11.8. The van der Waals surface area contributed by atoms with E-state index < -0.39 is 5.63 Å². The minimum Gasteiger partial charge on any atom is -0.487 e. The molecule has 2 aromatic carbocycles. The third kappa shape index (κ3) is 3.12. The molecule has 3 rings (SSSR count). The van der Waals surface area contributed by atoms with Gasteiger partial charge < -0.3 is 9.15 Å². The van der Waals surface area contributed by atoms with Crippen molar-refractivity contribution in [3.63, 3.8) is 0 Å². The number of fused-ring (bicyclic) bond motifs is 1. The molecule has 3 aromatic rings. The Balaban J connectivity index is 1.97. The van der Waals surface area contributed by atoms with E-state index in [0.29, 0.717) is 21.9 Å². The zero-order valence-electron chi connectivity index (χ0n) is 13.2. The fraction of sp³-hybridized carbons (Fsp3) is 0.158. The van der Waals surface area contributed by atoms with Gasteiger partial charge in [0.2, 0.25) is 0 Å². The van der Waals surface area contributed by atoms with Gasteiger partial charge in [0.15, 0.2) is 0 Å². The first-order valence-corrected chi connectivity index (χ1v) is 7.72. The van der Waals surface area contributed by atoms with Crippen molar-refractivity contribution in [1.82, 2.24) is 0 Å². The van der Waals surface area contributed by atoms with E-state index >= 15 is 0 Å². The van der Waals surface area contributed by atoms with Crippen LogP contribution in [-0.4, -0.2) is 0 Å². The molecule has 120 valence electrons. The van der Waals surface area contributed by atoms with E-state index in [1.165, 1.54) is 6.07 Å². The van der Waals surface area contributed by atoms with Crippen molar-refractivity contribution in [2.75, 3.05) is 0 Å². The first kappa shape index (κ1) is 16.1. The van der Waals surface area contributed by atoms with Crippen LogP contribution in [0, 0.1) is 25.2 Å². The summed E-state index contributed by atoms with van der Waals surface area (Å²) in [5, 5.41) is 10.1. The summed E-state index contributed by atoms with van der Waals surface area (Å²) in [5.74, 6) is 0.459. The van der Waals surface area contributed by atoms with Crippen molar-refractivity contribution in [3.05, 3.63) is 74.1 Å². The van der Waals surface area contributed by atoms with Gasteiger partial charge in [-0.2, -0.15) is 5.26 Å². The predicted octanol–water partition coefficient (Wildman–Crippen LogP) is 4.51. The van der Waals surface area contributed by atoms with Crippen molar-refractivity contribution in [3.8, 4) is 11.8 Å². The monoisotopic (exact) mass is 339 g/mol. The molecular weight excluding hydrogens is 326 g/mol.